The molecule has 1 N–H and O–H groups in total. The fraction of sp³-hybridized carbons (Fsp3) is 0.267. The molecule has 1 aliphatic heterocycles. The lowest BCUT2D eigenvalue weighted by Crippen LogP contribution is -2.12. The molecule has 0 unspecified atom stereocenters. The van der Waals surface area contributed by atoms with Crippen molar-refractivity contribution in [3.05, 3.63) is 47.8 Å². The number of pyridine rings is 1. The molecule has 0 atom stereocenters. The molecular formula is C15H16N2O3. The normalized spacial score (nSPS) is 12.4. The zero-order valence-electron chi connectivity index (χ0n) is 11.3. The second-order valence-corrected chi connectivity index (χ2v) is 4.49. The highest BCUT2D eigenvalue weighted by molar-refractivity contribution is 5.55. The summed E-state index contributed by atoms with van der Waals surface area (Å²) in [7, 11) is 1.63. The van der Waals surface area contributed by atoms with Crippen molar-refractivity contribution in [1.82, 2.24) is 10.3 Å². The molecule has 20 heavy (non-hydrogen) atoms. The first kappa shape index (κ1) is 12.7. The number of fused-ring (bicyclic) bond motifs is 1. The number of ether oxygens (including phenoxy) is 3. The minimum atomic E-state index is 0.250. The van der Waals surface area contributed by atoms with Gasteiger partial charge in [-0.1, -0.05) is 0 Å². The van der Waals surface area contributed by atoms with Gasteiger partial charge in [-0.3, -0.25) is 4.98 Å². The van der Waals surface area contributed by atoms with E-state index in [2.05, 4.69) is 10.3 Å². The van der Waals surface area contributed by atoms with E-state index >= 15 is 0 Å². The number of nitrogens with zero attached hydrogens (tertiary/aromatic N) is 1. The van der Waals surface area contributed by atoms with Crippen LogP contribution in [-0.2, 0) is 13.1 Å². The van der Waals surface area contributed by atoms with Crippen LogP contribution in [-0.4, -0.2) is 18.9 Å². The van der Waals surface area contributed by atoms with E-state index in [0.29, 0.717) is 11.5 Å². The van der Waals surface area contributed by atoms with Gasteiger partial charge in [0, 0.05) is 25.5 Å². The van der Waals surface area contributed by atoms with Crippen LogP contribution in [0, 0.1) is 0 Å². The molecule has 0 amide bonds. The molecule has 0 saturated carbocycles. The van der Waals surface area contributed by atoms with Gasteiger partial charge in [0.2, 0.25) is 12.5 Å². The maximum atomic E-state index is 5.41. The predicted octanol–water partition coefficient (Wildman–Crippen LogP) is 2.11. The van der Waals surface area contributed by atoms with Crippen LogP contribution in [0.15, 0.2) is 36.7 Å². The number of hydrogen-bond acceptors (Lipinski definition) is 5. The highest BCUT2D eigenvalue weighted by Gasteiger charge is 2.19. The fourth-order valence-electron chi connectivity index (χ4n) is 2.14. The molecular weight excluding hydrogens is 256 g/mol. The van der Waals surface area contributed by atoms with Crippen LogP contribution in [0.2, 0.25) is 0 Å². The third-order valence-electron chi connectivity index (χ3n) is 3.13. The highest BCUT2D eigenvalue weighted by atomic mass is 16.7. The van der Waals surface area contributed by atoms with E-state index in [1.165, 1.54) is 5.56 Å². The van der Waals surface area contributed by atoms with Gasteiger partial charge in [-0.05, 0) is 35.4 Å². The lowest BCUT2D eigenvalue weighted by Gasteiger charge is -2.09. The third-order valence-corrected chi connectivity index (χ3v) is 3.13. The van der Waals surface area contributed by atoms with Gasteiger partial charge in [0.15, 0.2) is 11.5 Å². The summed E-state index contributed by atoms with van der Waals surface area (Å²) in [6.07, 6.45) is 3.58. The van der Waals surface area contributed by atoms with Gasteiger partial charge in [-0.25, -0.2) is 0 Å². The quantitative estimate of drug-likeness (QED) is 0.903. The molecule has 0 spiro atoms. The summed E-state index contributed by atoms with van der Waals surface area (Å²) >= 11 is 0. The molecule has 0 bridgehead atoms. The second-order valence-electron chi connectivity index (χ2n) is 4.49. The van der Waals surface area contributed by atoms with E-state index in [1.54, 1.807) is 19.5 Å². The molecule has 0 radical (unpaired) electrons. The Kier molecular flexibility index (Phi) is 3.69. The predicted molar refractivity (Wildman–Crippen MR) is 73.9 cm³/mol. The van der Waals surface area contributed by atoms with Crippen LogP contribution < -0.4 is 19.5 Å². The van der Waals surface area contributed by atoms with Crippen molar-refractivity contribution in [2.45, 2.75) is 13.1 Å². The molecule has 5 nitrogen and oxygen atoms in total. The zero-order chi connectivity index (χ0) is 13.8. The number of benzene rings is 1. The van der Waals surface area contributed by atoms with Gasteiger partial charge in [0.05, 0.1) is 7.11 Å². The first-order valence-corrected chi connectivity index (χ1v) is 6.43. The molecule has 2 heterocycles. The van der Waals surface area contributed by atoms with Crippen LogP contribution in [0.4, 0.5) is 0 Å². The van der Waals surface area contributed by atoms with Gasteiger partial charge in [0.25, 0.3) is 0 Å². The first-order chi connectivity index (χ1) is 9.86. The standard InChI is InChI=1S/C15H16N2O3/c1-18-13-6-12(7-14-15(13)20-10-19-14)9-17-8-11-2-4-16-5-3-11/h2-7,17H,8-10H2,1H3. The maximum Gasteiger partial charge on any atom is 0.231 e. The summed E-state index contributed by atoms with van der Waals surface area (Å²) in [5.74, 6) is 2.14. The van der Waals surface area contributed by atoms with Crippen molar-refractivity contribution in [2.24, 2.45) is 0 Å². The molecule has 0 fully saturated rings. The van der Waals surface area contributed by atoms with E-state index in [0.717, 1.165) is 24.4 Å². The molecule has 1 aromatic heterocycles. The van der Waals surface area contributed by atoms with Crippen molar-refractivity contribution in [3.8, 4) is 17.2 Å². The summed E-state index contributed by atoms with van der Waals surface area (Å²) in [5.41, 5.74) is 2.30. The summed E-state index contributed by atoms with van der Waals surface area (Å²) in [6.45, 7) is 1.77. The third kappa shape index (κ3) is 2.67. The summed E-state index contributed by atoms with van der Waals surface area (Å²) in [4.78, 5) is 4.00. The molecule has 1 aromatic carbocycles. The molecule has 1 aliphatic rings. The Bertz CT molecular complexity index is 587. The van der Waals surface area contributed by atoms with Crippen molar-refractivity contribution in [1.29, 1.82) is 0 Å². The average molecular weight is 272 g/mol. The van der Waals surface area contributed by atoms with E-state index in [1.807, 2.05) is 24.3 Å². The summed E-state index contributed by atoms with van der Waals surface area (Å²) in [6, 6.07) is 7.93. The SMILES string of the molecule is COc1cc(CNCc2ccncc2)cc2c1OCO2. The molecule has 0 aliphatic carbocycles. The fourth-order valence-corrected chi connectivity index (χ4v) is 2.14. The highest BCUT2D eigenvalue weighted by Crippen LogP contribution is 2.41. The molecule has 5 heteroatoms. The Morgan fingerprint density at radius 3 is 2.75 bits per heavy atom. The van der Waals surface area contributed by atoms with Gasteiger partial charge in [0.1, 0.15) is 0 Å². The van der Waals surface area contributed by atoms with Crippen LogP contribution in [0.5, 0.6) is 17.2 Å². The van der Waals surface area contributed by atoms with Crippen molar-refractivity contribution in [3.63, 3.8) is 0 Å². The second kappa shape index (κ2) is 5.79. The van der Waals surface area contributed by atoms with Crippen LogP contribution in [0.25, 0.3) is 0 Å². The Morgan fingerprint density at radius 2 is 1.95 bits per heavy atom. The van der Waals surface area contributed by atoms with E-state index < -0.39 is 0 Å². The smallest absolute Gasteiger partial charge is 0.231 e. The Morgan fingerprint density at radius 1 is 1.15 bits per heavy atom. The van der Waals surface area contributed by atoms with E-state index in [9.17, 15) is 0 Å². The minimum Gasteiger partial charge on any atom is -0.493 e. The number of rotatable bonds is 5. The zero-order valence-corrected chi connectivity index (χ0v) is 11.3. The van der Waals surface area contributed by atoms with Gasteiger partial charge in [-0.15, -0.1) is 0 Å². The molecule has 2 aromatic rings. The van der Waals surface area contributed by atoms with Crippen LogP contribution >= 0.6 is 0 Å². The van der Waals surface area contributed by atoms with E-state index in [4.69, 9.17) is 14.2 Å². The molecule has 3 rings (SSSR count). The number of nitrogens with one attached hydrogen (secondary N) is 1. The van der Waals surface area contributed by atoms with Gasteiger partial charge >= 0.3 is 0 Å². The van der Waals surface area contributed by atoms with Gasteiger partial charge in [-0.2, -0.15) is 0 Å². The van der Waals surface area contributed by atoms with Crippen molar-refractivity contribution < 1.29 is 14.2 Å². The molecule has 0 saturated heterocycles. The summed E-state index contributed by atoms with van der Waals surface area (Å²) < 4.78 is 16.1. The van der Waals surface area contributed by atoms with Gasteiger partial charge < -0.3 is 19.5 Å². The molecule has 104 valence electrons. The Hall–Kier alpha value is -2.27. The Balaban J connectivity index is 1.66. The van der Waals surface area contributed by atoms with Crippen molar-refractivity contribution >= 4 is 0 Å². The van der Waals surface area contributed by atoms with E-state index in [-0.39, 0.29) is 6.79 Å². The lowest BCUT2D eigenvalue weighted by atomic mass is 10.1. The van der Waals surface area contributed by atoms with Crippen molar-refractivity contribution in [2.75, 3.05) is 13.9 Å². The average Bonchev–Trinajstić information content (AvgIpc) is 2.96. The monoisotopic (exact) mass is 272 g/mol. The Labute approximate surface area is 117 Å². The largest absolute Gasteiger partial charge is 0.493 e. The van der Waals surface area contributed by atoms with Crippen LogP contribution in [0.1, 0.15) is 11.1 Å². The topological polar surface area (TPSA) is 52.6 Å². The number of hydrogen-bond donors (Lipinski definition) is 1. The lowest BCUT2D eigenvalue weighted by molar-refractivity contribution is 0.171. The summed E-state index contributed by atoms with van der Waals surface area (Å²) in [5, 5.41) is 3.38. The number of methoxy groups -OCH3 is 1. The maximum absolute atomic E-state index is 5.41. The van der Waals surface area contributed by atoms with Crippen LogP contribution in [0.3, 0.4) is 0 Å². The minimum absolute atomic E-state index is 0.250. The number of aromatic nitrogens is 1. The first-order valence-electron chi connectivity index (χ1n) is 6.43.